The Bertz CT molecular complexity index is 763. The Kier molecular flexibility index (Phi) is 6.82. The molecule has 6 nitrogen and oxygen atoms in total. The van der Waals surface area contributed by atoms with Gasteiger partial charge in [-0.15, -0.1) is 0 Å². The van der Waals surface area contributed by atoms with Gasteiger partial charge in [0.25, 0.3) is 0 Å². The van der Waals surface area contributed by atoms with Crippen LogP contribution in [0.5, 0.6) is 0 Å². The van der Waals surface area contributed by atoms with Crippen LogP contribution in [0.1, 0.15) is 39.2 Å². The minimum absolute atomic E-state index is 0.269. The summed E-state index contributed by atoms with van der Waals surface area (Å²) in [5, 5.41) is 0.771. The van der Waals surface area contributed by atoms with Crippen molar-refractivity contribution in [2.45, 2.75) is 51.0 Å². The zero-order chi connectivity index (χ0) is 19.5. The molecule has 1 fully saturated rings. The molecule has 0 aromatic heterocycles. The molecule has 1 atom stereocenters. The van der Waals surface area contributed by atoms with Crippen LogP contribution in [0.3, 0.4) is 0 Å². The van der Waals surface area contributed by atoms with Gasteiger partial charge in [0.15, 0.2) is 0 Å². The molecule has 9 heteroatoms. The minimum atomic E-state index is -3.63. The Morgan fingerprint density at radius 2 is 2.04 bits per heavy atom. The number of carbonyl (C=O) groups is 1. The van der Waals surface area contributed by atoms with Gasteiger partial charge in [0.05, 0.1) is 5.75 Å². The third-order valence-corrected chi connectivity index (χ3v) is 5.76. The molecule has 1 N–H and O–H groups in total. The molecule has 0 bridgehead atoms. The number of hydrogen-bond acceptors (Lipinski definition) is 4. The second-order valence-electron chi connectivity index (χ2n) is 7.38. The van der Waals surface area contributed by atoms with Crippen molar-refractivity contribution < 1.29 is 17.9 Å². The molecule has 1 unspecified atom stereocenters. The number of nitrogens with zero attached hydrogens (tertiary/aromatic N) is 1. The predicted octanol–water partition coefficient (Wildman–Crippen LogP) is 3.81. The van der Waals surface area contributed by atoms with Gasteiger partial charge in [-0.05, 0) is 57.4 Å². The molecule has 1 aliphatic rings. The second-order valence-corrected chi connectivity index (χ2v) is 9.98. The first-order valence-electron chi connectivity index (χ1n) is 8.37. The molecule has 1 amide bonds. The standard InChI is InChI=1S/C17H24Cl2N2O4S/c1-17(2,3)25-16(22)21-8-4-5-14(10-21)20-26(23,24)11-12-9-13(18)6-7-15(12)19/h6-7,9,14,20H,4-5,8,10-11H2,1-3H3. The largest absolute Gasteiger partial charge is 0.444 e. The molecule has 0 aliphatic carbocycles. The van der Waals surface area contributed by atoms with Crippen LogP contribution in [0.4, 0.5) is 4.79 Å². The zero-order valence-electron chi connectivity index (χ0n) is 15.1. The van der Waals surface area contributed by atoms with Crippen molar-refractivity contribution in [2.75, 3.05) is 13.1 Å². The number of rotatable bonds is 4. The summed E-state index contributed by atoms with van der Waals surface area (Å²) in [6, 6.07) is 4.35. The van der Waals surface area contributed by atoms with Crippen molar-refractivity contribution in [3.05, 3.63) is 33.8 Å². The number of amides is 1. The van der Waals surface area contributed by atoms with E-state index in [9.17, 15) is 13.2 Å². The van der Waals surface area contributed by atoms with Gasteiger partial charge in [0, 0.05) is 29.2 Å². The highest BCUT2D eigenvalue weighted by Gasteiger charge is 2.30. The Morgan fingerprint density at radius 1 is 1.35 bits per heavy atom. The van der Waals surface area contributed by atoms with Crippen LogP contribution in [0.2, 0.25) is 10.0 Å². The van der Waals surface area contributed by atoms with Crippen LogP contribution in [0.25, 0.3) is 0 Å². The van der Waals surface area contributed by atoms with E-state index in [1.54, 1.807) is 32.9 Å². The van der Waals surface area contributed by atoms with Gasteiger partial charge in [-0.3, -0.25) is 0 Å². The number of piperidine rings is 1. The SMILES string of the molecule is CC(C)(C)OC(=O)N1CCCC(NS(=O)(=O)Cc2cc(Cl)ccc2Cl)C1. The van der Waals surface area contributed by atoms with Crippen LogP contribution in [0.15, 0.2) is 18.2 Å². The summed E-state index contributed by atoms with van der Waals surface area (Å²) in [7, 11) is -3.63. The van der Waals surface area contributed by atoms with Gasteiger partial charge in [-0.1, -0.05) is 23.2 Å². The van der Waals surface area contributed by atoms with E-state index >= 15 is 0 Å². The summed E-state index contributed by atoms with van der Waals surface area (Å²) in [4.78, 5) is 13.7. The number of carbonyl (C=O) groups excluding carboxylic acids is 1. The van der Waals surface area contributed by atoms with Crippen molar-refractivity contribution in [2.24, 2.45) is 0 Å². The first kappa shape index (κ1) is 21.3. The number of ether oxygens (including phenoxy) is 1. The Balaban J connectivity index is 2.00. The molecule has 1 aliphatic heterocycles. The number of benzene rings is 1. The number of hydrogen-bond donors (Lipinski definition) is 1. The summed E-state index contributed by atoms with van der Waals surface area (Å²) < 4.78 is 33.0. The lowest BCUT2D eigenvalue weighted by Crippen LogP contribution is -2.50. The molecular formula is C17H24Cl2N2O4S. The first-order chi connectivity index (χ1) is 12.0. The van der Waals surface area contributed by atoms with Crippen LogP contribution in [0, 0.1) is 0 Å². The Hall–Kier alpha value is -1.02. The Labute approximate surface area is 164 Å². The third kappa shape index (κ3) is 6.61. The van der Waals surface area contributed by atoms with E-state index in [1.807, 2.05) is 0 Å². The maximum absolute atomic E-state index is 12.5. The molecule has 1 heterocycles. The van der Waals surface area contributed by atoms with Crippen molar-refractivity contribution in [1.82, 2.24) is 9.62 Å². The molecule has 1 saturated heterocycles. The molecule has 2 rings (SSSR count). The van der Waals surface area contributed by atoms with Crippen molar-refractivity contribution in [3.8, 4) is 0 Å². The van der Waals surface area contributed by atoms with Gasteiger partial charge >= 0.3 is 6.09 Å². The van der Waals surface area contributed by atoms with E-state index in [-0.39, 0.29) is 18.3 Å². The van der Waals surface area contributed by atoms with E-state index in [4.69, 9.17) is 27.9 Å². The number of halogens is 2. The maximum atomic E-state index is 12.5. The predicted molar refractivity (Wildman–Crippen MR) is 103 cm³/mol. The minimum Gasteiger partial charge on any atom is -0.444 e. The first-order valence-corrected chi connectivity index (χ1v) is 10.8. The fourth-order valence-corrected chi connectivity index (χ4v) is 4.61. The molecule has 1 aromatic rings. The average Bonchev–Trinajstić information content (AvgIpc) is 2.48. The molecule has 146 valence electrons. The fourth-order valence-electron chi connectivity index (χ4n) is 2.72. The van der Waals surface area contributed by atoms with E-state index in [0.717, 1.165) is 0 Å². The maximum Gasteiger partial charge on any atom is 0.410 e. The van der Waals surface area contributed by atoms with E-state index in [0.29, 0.717) is 35.0 Å². The zero-order valence-corrected chi connectivity index (χ0v) is 17.4. The highest BCUT2D eigenvalue weighted by Crippen LogP contribution is 2.23. The molecule has 0 spiro atoms. The smallest absolute Gasteiger partial charge is 0.410 e. The normalized spacial score (nSPS) is 18.7. The third-order valence-electron chi connectivity index (χ3n) is 3.77. The summed E-state index contributed by atoms with van der Waals surface area (Å²) in [6.07, 6.45) is 0.922. The summed E-state index contributed by atoms with van der Waals surface area (Å²) in [5.41, 5.74) is -0.154. The second kappa shape index (κ2) is 8.33. The van der Waals surface area contributed by atoms with Gasteiger partial charge < -0.3 is 9.64 Å². The van der Waals surface area contributed by atoms with Gasteiger partial charge in [-0.25, -0.2) is 17.9 Å². The highest BCUT2D eigenvalue weighted by atomic mass is 35.5. The van der Waals surface area contributed by atoms with E-state index in [2.05, 4.69) is 4.72 Å². The summed E-state index contributed by atoms with van der Waals surface area (Å²) in [6.45, 7) is 6.21. The quantitative estimate of drug-likeness (QED) is 0.799. The molecule has 26 heavy (non-hydrogen) atoms. The topological polar surface area (TPSA) is 75.7 Å². The molecular weight excluding hydrogens is 399 g/mol. The average molecular weight is 423 g/mol. The fraction of sp³-hybridized carbons (Fsp3) is 0.588. The Morgan fingerprint density at radius 3 is 2.69 bits per heavy atom. The highest BCUT2D eigenvalue weighted by molar-refractivity contribution is 7.88. The van der Waals surface area contributed by atoms with Gasteiger partial charge in [0.2, 0.25) is 10.0 Å². The van der Waals surface area contributed by atoms with E-state index in [1.165, 1.54) is 11.0 Å². The van der Waals surface area contributed by atoms with Crippen LogP contribution < -0.4 is 4.72 Å². The summed E-state index contributed by atoms with van der Waals surface area (Å²) in [5.74, 6) is -0.269. The van der Waals surface area contributed by atoms with Crippen LogP contribution in [-0.4, -0.2) is 44.1 Å². The number of likely N-dealkylation sites (tertiary alicyclic amines) is 1. The molecule has 1 aromatic carbocycles. The van der Waals surface area contributed by atoms with Crippen molar-refractivity contribution >= 4 is 39.3 Å². The van der Waals surface area contributed by atoms with Crippen molar-refractivity contribution in [3.63, 3.8) is 0 Å². The van der Waals surface area contributed by atoms with Gasteiger partial charge in [0.1, 0.15) is 5.60 Å². The monoisotopic (exact) mass is 422 g/mol. The summed E-state index contributed by atoms with van der Waals surface area (Å²) >= 11 is 12.0. The van der Waals surface area contributed by atoms with E-state index < -0.39 is 21.7 Å². The molecule has 0 saturated carbocycles. The number of sulfonamides is 1. The lowest BCUT2D eigenvalue weighted by molar-refractivity contribution is 0.0195. The lowest BCUT2D eigenvalue weighted by atomic mass is 10.1. The van der Waals surface area contributed by atoms with Crippen molar-refractivity contribution in [1.29, 1.82) is 0 Å². The van der Waals surface area contributed by atoms with Crippen LogP contribution >= 0.6 is 23.2 Å². The number of nitrogens with one attached hydrogen (secondary N) is 1. The lowest BCUT2D eigenvalue weighted by Gasteiger charge is -2.34. The van der Waals surface area contributed by atoms with Crippen LogP contribution in [-0.2, 0) is 20.5 Å². The van der Waals surface area contributed by atoms with Gasteiger partial charge in [-0.2, -0.15) is 0 Å². The molecule has 0 radical (unpaired) electrons.